The molecule has 1 aliphatic rings. The second-order valence-electron chi connectivity index (χ2n) is 7.89. The van der Waals surface area contributed by atoms with Gasteiger partial charge in [-0.05, 0) is 57.0 Å². The minimum atomic E-state index is -0.628. The van der Waals surface area contributed by atoms with Gasteiger partial charge in [0.1, 0.15) is 0 Å². The molecule has 7 heteroatoms. The van der Waals surface area contributed by atoms with Crippen LogP contribution in [-0.4, -0.2) is 29.6 Å². The van der Waals surface area contributed by atoms with E-state index >= 15 is 0 Å². The Hall–Kier alpha value is -2.93. The van der Waals surface area contributed by atoms with Crippen molar-refractivity contribution in [2.24, 2.45) is 0 Å². The van der Waals surface area contributed by atoms with Gasteiger partial charge in [-0.15, -0.1) is 0 Å². The lowest BCUT2D eigenvalue weighted by Gasteiger charge is -2.30. The van der Waals surface area contributed by atoms with Crippen LogP contribution in [0.15, 0.2) is 75.8 Å². The van der Waals surface area contributed by atoms with Crippen LogP contribution in [0.5, 0.6) is 0 Å². The predicted octanol–water partition coefficient (Wildman–Crippen LogP) is 4.82. The van der Waals surface area contributed by atoms with Crippen LogP contribution in [0.2, 0.25) is 0 Å². The number of esters is 2. The summed E-state index contributed by atoms with van der Waals surface area (Å²) in [5.74, 6) is -1.56. The van der Waals surface area contributed by atoms with Crippen molar-refractivity contribution in [3.8, 4) is 0 Å². The number of carbonyl (C=O) groups is 2. The van der Waals surface area contributed by atoms with Gasteiger partial charge < -0.3 is 14.8 Å². The highest BCUT2D eigenvalue weighted by Gasteiger charge is 2.38. The highest BCUT2D eigenvalue weighted by molar-refractivity contribution is 9.10. The van der Waals surface area contributed by atoms with E-state index in [4.69, 9.17) is 9.47 Å². The summed E-state index contributed by atoms with van der Waals surface area (Å²) in [7, 11) is 0. The zero-order valence-electron chi connectivity index (χ0n) is 18.6. The molecule has 168 valence electrons. The van der Waals surface area contributed by atoms with Gasteiger partial charge in [-0.3, -0.25) is 4.98 Å². The van der Waals surface area contributed by atoms with E-state index in [0.717, 1.165) is 15.6 Å². The molecule has 1 N–H and O–H groups in total. The molecule has 0 spiro atoms. The maximum absolute atomic E-state index is 13.2. The first-order valence-corrected chi connectivity index (χ1v) is 11.3. The number of halogens is 1. The zero-order chi connectivity index (χ0) is 23.3. The second-order valence-corrected chi connectivity index (χ2v) is 8.80. The molecule has 0 saturated carbocycles. The number of nitrogens with one attached hydrogen (secondary N) is 1. The van der Waals surface area contributed by atoms with Crippen molar-refractivity contribution in [1.29, 1.82) is 0 Å². The van der Waals surface area contributed by atoms with E-state index in [1.807, 2.05) is 37.3 Å². The average molecular weight is 499 g/mol. The van der Waals surface area contributed by atoms with Gasteiger partial charge in [-0.25, -0.2) is 9.59 Å². The topological polar surface area (TPSA) is 77.5 Å². The van der Waals surface area contributed by atoms with Crippen LogP contribution in [0.1, 0.15) is 44.7 Å². The maximum atomic E-state index is 13.2. The summed E-state index contributed by atoms with van der Waals surface area (Å²) in [4.78, 5) is 30.4. The summed E-state index contributed by atoms with van der Waals surface area (Å²) in [5.41, 5.74) is 3.85. The molecule has 1 unspecified atom stereocenters. The van der Waals surface area contributed by atoms with Gasteiger partial charge in [0.05, 0.1) is 29.8 Å². The maximum Gasteiger partial charge on any atom is 0.337 e. The number of pyridine rings is 1. The molecule has 0 amide bonds. The SMILES string of the molecule is CC1=C(C(=O)OCCc2ccc(Br)cc2)C(c2cccnc2)C(C(=O)OC(C)C)=C(C)N1. The van der Waals surface area contributed by atoms with E-state index in [1.165, 1.54) is 0 Å². The van der Waals surface area contributed by atoms with Gasteiger partial charge in [0.15, 0.2) is 0 Å². The van der Waals surface area contributed by atoms with Crippen molar-refractivity contribution >= 4 is 27.9 Å². The number of benzene rings is 1. The molecule has 1 aromatic heterocycles. The van der Waals surface area contributed by atoms with Gasteiger partial charge >= 0.3 is 11.9 Å². The summed E-state index contributed by atoms with van der Waals surface area (Å²) in [5, 5.41) is 3.16. The average Bonchev–Trinajstić information content (AvgIpc) is 2.74. The molecule has 3 rings (SSSR count). The van der Waals surface area contributed by atoms with Crippen LogP contribution < -0.4 is 5.32 Å². The molecule has 2 aromatic rings. The molecule has 1 aromatic carbocycles. The molecule has 1 atom stereocenters. The smallest absolute Gasteiger partial charge is 0.337 e. The van der Waals surface area contributed by atoms with Crippen molar-refractivity contribution in [2.75, 3.05) is 6.61 Å². The number of rotatable bonds is 7. The lowest BCUT2D eigenvalue weighted by molar-refractivity contribution is -0.143. The molecule has 2 heterocycles. The number of hydrogen-bond donors (Lipinski definition) is 1. The number of hydrogen-bond acceptors (Lipinski definition) is 6. The standard InChI is InChI=1S/C25H27BrN2O4/c1-15(2)32-25(30)22-17(4)28-16(3)21(23(22)19-6-5-12-27-14-19)24(29)31-13-11-18-7-9-20(26)10-8-18/h5-10,12,14-15,23,28H,11,13H2,1-4H3. The fourth-order valence-electron chi connectivity index (χ4n) is 3.68. The molecule has 0 fully saturated rings. The zero-order valence-corrected chi connectivity index (χ0v) is 20.2. The minimum Gasteiger partial charge on any atom is -0.462 e. The summed E-state index contributed by atoms with van der Waals surface area (Å²) in [6.45, 7) is 7.43. The van der Waals surface area contributed by atoms with E-state index < -0.39 is 17.9 Å². The van der Waals surface area contributed by atoms with E-state index in [0.29, 0.717) is 29.0 Å². The highest BCUT2D eigenvalue weighted by Crippen LogP contribution is 2.39. The van der Waals surface area contributed by atoms with E-state index in [9.17, 15) is 9.59 Å². The number of nitrogens with zero attached hydrogens (tertiary/aromatic N) is 1. The summed E-state index contributed by atoms with van der Waals surface area (Å²) < 4.78 is 12.1. The quantitative estimate of drug-likeness (QED) is 0.551. The Morgan fingerprint density at radius 1 is 1.06 bits per heavy atom. The molecular formula is C25H27BrN2O4. The number of ether oxygens (including phenoxy) is 2. The Balaban J connectivity index is 1.87. The number of carbonyl (C=O) groups excluding carboxylic acids is 2. The highest BCUT2D eigenvalue weighted by atomic mass is 79.9. The van der Waals surface area contributed by atoms with Crippen molar-refractivity contribution < 1.29 is 19.1 Å². The van der Waals surface area contributed by atoms with Crippen molar-refractivity contribution in [1.82, 2.24) is 10.3 Å². The number of dihydropyridines is 1. The van der Waals surface area contributed by atoms with Crippen LogP contribution in [0, 0.1) is 0 Å². The normalized spacial score (nSPS) is 16.1. The van der Waals surface area contributed by atoms with Gasteiger partial charge in [0, 0.05) is 34.7 Å². The van der Waals surface area contributed by atoms with E-state index in [2.05, 4.69) is 26.2 Å². The first-order valence-electron chi connectivity index (χ1n) is 10.5. The molecular weight excluding hydrogens is 472 g/mol. The molecule has 0 radical (unpaired) electrons. The van der Waals surface area contributed by atoms with Crippen LogP contribution in [-0.2, 0) is 25.5 Å². The first kappa shape index (κ1) is 23.7. The van der Waals surface area contributed by atoms with Crippen LogP contribution in [0.25, 0.3) is 0 Å². The lowest BCUT2D eigenvalue weighted by Crippen LogP contribution is -2.33. The minimum absolute atomic E-state index is 0.228. The Labute approximate surface area is 196 Å². The number of aromatic nitrogens is 1. The molecule has 6 nitrogen and oxygen atoms in total. The molecule has 0 saturated heterocycles. The third kappa shape index (κ3) is 5.65. The fourth-order valence-corrected chi connectivity index (χ4v) is 3.95. The first-order chi connectivity index (χ1) is 15.3. The van der Waals surface area contributed by atoms with Crippen molar-refractivity contribution in [3.05, 3.63) is 86.9 Å². The molecule has 32 heavy (non-hydrogen) atoms. The third-order valence-corrected chi connectivity index (χ3v) is 5.63. The Morgan fingerprint density at radius 2 is 1.72 bits per heavy atom. The largest absolute Gasteiger partial charge is 0.462 e. The van der Waals surface area contributed by atoms with Crippen LogP contribution in [0.3, 0.4) is 0 Å². The summed E-state index contributed by atoms with van der Waals surface area (Å²) in [6, 6.07) is 11.5. The van der Waals surface area contributed by atoms with Gasteiger partial charge in [0.25, 0.3) is 0 Å². The van der Waals surface area contributed by atoms with E-state index in [-0.39, 0.29) is 12.7 Å². The Kier molecular flexibility index (Phi) is 7.85. The molecule has 0 bridgehead atoms. The van der Waals surface area contributed by atoms with Crippen LogP contribution >= 0.6 is 15.9 Å². The molecule has 1 aliphatic heterocycles. The van der Waals surface area contributed by atoms with E-state index in [1.54, 1.807) is 39.2 Å². The predicted molar refractivity (Wildman–Crippen MR) is 126 cm³/mol. The monoisotopic (exact) mass is 498 g/mol. The van der Waals surface area contributed by atoms with Gasteiger partial charge in [-0.1, -0.05) is 34.1 Å². The second kappa shape index (κ2) is 10.6. The van der Waals surface area contributed by atoms with Crippen molar-refractivity contribution in [2.45, 2.75) is 46.1 Å². The fraction of sp³-hybridized carbons (Fsp3) is 0.320. The third-order valence-electron chi connectivity index (χ3n) is 5.10. The Bertz CT molecular complexity index is 1040. The van der Waals surface area contributed by atoms with Gasteiger partial charge in [0.2, 0.25) is 0 Å². The lowest BCUT2D eigenvalue weighted by atomic mass is 9.81. The summed E-state index contributed by atoms with van der Waals surface area (Å²) >= 11 is 3.42. The number of allylic oxidation sites excluding steroid dienone is 2. The molecule has 0 aliphatic carbocycles. The van der Waals surface area contributed by atoms with Crippen molar-refractivity contribution in [3.63, 3.8) is 0 Å². The van der Waals surface area contributed by atoms with Crippen LogP contribution in [0.4, 0.5) is 0 Å². The summed E-state index contributed by atoms with van der Waals surface area (Å²) in [6.07, 6.45) is 3.62. The Morgan fingerprint density at radius 3 is 2.31 bits per heavy atom. The van der Waals surface area contributed by atoms with Gasteiger partial charge in [-0.2, -0.15) is 0 Å².